The van der Waals surface area contributed by atoms with Crippen molar-refractivity contribution in [2.75, 3.05) is 13.7 Å². The van der Waals surface area contributed by atoms with E-state index in [9.17, 15) is 4.79 Å². The van der Waals surface area contributed by atoms with Crippen LogP contribution in [0.5, 0.6) is 5.75 Å². The summed E-state index contributed by atoms with van der Waals surface area (Å²) in [5, 5.41) is 14.8. The zero-order valence-corrected chi connectivity index (χ0v) is 13.3. The molecule has 0 aromatic heterocycles. The van der Waals surface area contributed by atoms with Crippen LogP contribution in [-0.2, 0) is 6.42 Å². The van der Waals surface area contributed by atoms with E-state index in [1.54, 1.807) is 7.11 Å². The molecule has 0 saturated heterocycles. The quantitative estimate of drug-likeness (QED) is 0.689. The first-order valence-electron chi connectivity index (χ1n) is 7.93. The first-order valence-corrected chi connectivity index (χ1v) is 7.93. The molecular weight excluding hydrogens is 280 g/mol. The Labute approximate surface area is 132 Å². The number of ether oxygens (including phenoxy) is 1. The molecule has 1 aliphatic carbocycles. The van der Waals surface area contributed by atoms with Gasteiger partial charge in [-0.25, -0.2) is 4.79 Å². The highest BCUT2D eigenvalue weighted by molar-refractivity contribution is 5.74. The minimum absolute atomic E-state index is 0.0262. The lowest BCUT2D eigenvalue weighted by molar-refractivity contribution is 0.226. The largest absolute Gasteiger partial charge is 0.497 e. The van der Waals surface area contributed by atoms with Gasteiger partial charge in [-0.1, -0.05) is 12.1 Å². The Morgan fingerprint density at radius 1 is 1.41 bits per heavy atom. The fourth-order valence-electron chi connectivity index (χ4n) is 2.59. The van der Waals surface area contributed by atoms with Crippen molar-refractivity contribution >= 4 is 6.03 Å². The van der Waals surface area contributed by atoms with Gasteiger partial charge in [-0.2, -0.15) is 0 Å². The van der Waals surface area contributed by atoms with Gasteiger partial charge in [-0.05, 0) is 56.2 Å². The number of urea groups is 1. The van der Waals surface area contributed by atoms with Crippen molar-refractivity contribution in [2.45, 2.75) is 44.7 Å². The summed E-state index contributed by atoms with van der Waals surface area (Å²) in [6, 6.07) is 7.94. The molecule has 2 atom stereocenters. The summed E-state index contributed by atoms with van der Waals surface area (Å²) < 4.78 is 5.25. The third kappa shape index (κ3) is 5.22. The molecule has 2 rings (SSSR count). The Morgan fingerprint density at radius 3 is 2.82 bits per heavy atom. The normalized spacial score (nSPS) is 16.7. The highest BCUT2D eigenvalue weighted by Gasteiger charge is 2.32. The number of hydrogen-bond donors (Lipinski definition) is 3. The Morgan fingerprint density at radius 2 is 2.18 bits per heavy atom. The molecule has 1 aliphatic rings. The van der Waals surface area contributed by atoms with Crippen LogP contribution in [0.4, 0.5) is 4.79 Å². The predicted octanol–water partition coefficient (Wildman–Crippen LogP) is 2.09. The van der Waals surface area contributed by atoms with E-state index in [4.69, 9.17) is 9.84 Å². The van der Waals surface area contributed by atoms with Gasteiger partial charge < -0.3 is 20.5 Å². The van der Waals surface area contributed by atoms with Crippen LogP contribution in [0.15, 0.2) is 24.3 Å². The van der Waals surface area contributed by atoms with Crippen LogP contribution in [0, 0.1) is 5.92 Å². The van der Waals surface area contributed by atoms with Crippen LogP contribution in [0.25, 0.3) is 0 Å². The molecule has 5 nitrogen and oxygen atoms in total. The summed E-state index contributed by atoms with van der Waals surface area (Å²) in [6.07, 6.45) is 3.71. The first kappa shape index (κ1) is 16.6. The van der Waals surface area contributed by atoms with E-state index < -0.39 is 0 Å². The van der Waals surface area contributed by atoms with Crippen LogP contribution in [0.1, 0.15) is 31.7 Å². The maximum Gasteiger partial charge on any atom is 0.315 e. The molecule has 0 spiro atoms. The van der Waals surface area contributed by atoms with Crippen molar-refractivity contribution in [1.29, 1.82) is 0 Å². The molecule has 0 bridgehead atoms. The van der Waals surface area contributed by atoms with Gasteiger partial charge in [0.25, 0.3) is 0 Å². The average molecular weight is 306 g/mol. The Balaban J connectivity index is 1.91. The highest BCUT2D eigenvalue weighted by atomic mass is 16.5. The van der Waals surface area contributed by atoms with E-state index in [2.05, 4.69) is 16.7 Å². The molecule has 2 amide bonds. The Hall–Kier alpha value is -1.75. The number of hydrogen-bond acceptors (Lipinski definition) is 3. The van der Waals surface area contributed by atoms with Crippen molar-refractivity contribution in [1.82, 2.24) is 10.6 Å². The molecule has 1 unspecified atom stereocenters. The van der Waals surface area contributed by atoms with Gasteiger partial charge in [0, 0.05) is 18.7 Å². The second-order valence-corrected chi connectivity index (χ2v) is 6.03. The first-order chi connectivity index (χ1) is 10.6. The summed E-state index contributed by atoms with van der Waals surface area (Å²) in [5.74, 6) is 1.40. The third-order valence-electron chi connectivity index (χ3n) is 4.04. The van der Waals surface area contributed by atoms with Gasteiger partial charge in [-0.3, -0.25) is 0 Å². The fourth-order valence-corrected chi connectivity index (χ4v) is 2.59. The van der Waals surface area contributed by atoms with Crippen LogP contribution >= 0.6 is 0 Å². The number of carbonyl (C=O) groups is 1. The minimum Gasteiger partial charge on any atom is -0.497 e. The smallest absolute Gasteiger partial charge is 0.315 e. The number of nitrogens with one attached hydrogen (secondary N) is 2. The standard InChI is InChI=1S/C17H26N2O3/c1-12(8-9-20)18-17(21)19-16(14-6-7-14)11-13-4-3-5-15(10-13)22-2/h3-5,10,12,14,16,20H,6-9,11H2,1-2H3,(H2,18,19,21)/t12-,16?/m1/s1. The predicted molar refractivity (Wildman–Crippen MR) is 86.0 cm³/mol. The molecule has 1 fully saturated rings. The molecule has 1 aromatic carbocycles. The molecule has 122 valence electrons. The van der Waals surface area contributed by atoms with Crippen LogP contribution in [-0.4, -0.2) is 36.9 Å². The molecule has 1 aromatic rings. The molecule has 22 heavy (non-hydrogen) atoms. The van der Waals surface area contributed by atoms with Crippen LogP contribution < -0.4 is 15.4 Å². The van der Waals surface area contributed by atoms with Crippen LogP contribution in [0.2, 0.25) is 0 Å². The lowest BCUT2D eigenvalue weighted by Gasteiger charge is -2.21. The van der Waals surface area contributed by atoms with E-state index in [0.29, 0.717) is 12.3 Å². The maximum atomic E-state index is 12.1. The summed E-state index contributed by atoms with van der Waals surface area (Å²) in [5.41, 5.74) is 1.17. The number of benzene rings is 1. The van der Waals surface area contributed by atoms with Crippen molar-refractivity contribution in [3.05, 3.63) is 29.8 Å². The lowest BCUT2D eigenvalue weighted by atomic mass is 10.0. The minimum atomic E-state index is -0.152. The second-order valence-electron chi connectivity index (χ2n) is 6.03. The highest BCUT2D eigenvalue weighted by Crippen LogP contribution is 2.34. The lowest BCUT2D eigenvalue weighted by Crippen LogP contribution is -2.47. The number of rotatable bonds is 8. The molecule has 0 radical (unpaired) electrons. The Kier molecular flexibility index (Phi) is 6.07. The number of methoxy groups -OCH3 is 1. The van der Waals surface area contributed by atoms with Gasteiger partial charge in [0.2, 0.25) is 0 Å². The topological polar surface area (TPSA) is 70.6 Å². The molecule has 0 aliphatic heterocycles. The van der Waals surface area contributed by atoms with Crippen molar-refractivity contribution in [2.24, 2.45) is 5.92 Å². The summed E-state index contributed by atoms with van der Waals surface area (Å²) in [4.78, 5) is 12.1. The monoisotopic (exact) mass is 306 g/mol. The second kappa shape index (κ2) is 8.03. The number of amides is 2. The zero-order valence-electron chi connectivity index (χ0n) is 13.3. The summed E-state index contributed by atoms with van der Waals surface area (Å²) in [6.45, 7) is 1.97. The van der Waals surface area contributed by atoms with Crippen molar-refractivity contribution in [3.8, 4) is 5.75 Å². The summed E-state index contributed by atoms with van der Waals surface area (Å²) in [7, 11) is 1.66. The van der Waals surface area contributed by atoms with E-state index in [-0.39, 0.29) is 24.7 Å². The van der Waals surface area contributed by atoms with E-state index in [0.717, 1.165) is 12.2 Å². The molecular formula is C17H26N2O3. The van der Waals surface area contributed by atoms with Crippen molar-refractivity contribution < 1.29 is 14.6 Å². The van der Waals surface area contributed by atoms with Gasteiger partial charge in [0.05, 0.1) is 7.11 Å². The van der Waals surface area contributed by atoms with Crippen molar-refractivity contribution in [3.63, 3.8) is 0 Å². The summed E-state index contributed by atoms with van der Waals surface area (Å²) >= 11 is 0. The van der Waals surface area contributed by atoms with Gasteiger partial charge >= 0.3 is 6.03 Å². The third-order valence-corrected chi connectivity index (χ3v) is 4.04. The van der Waals surface area contributed by atoms with E-state index >= 15 is 0 Å². The maximum absolute atomic E-state index is 12.1. The van der Waals surface area contributed by atoms with Gasteiger partial charge in [0.1, 0.15) is 5.75 Å². The molecule has 3 N–H and O–H groups in total. The Bertz CT molecular complexity index is 489. The molecule has 0 heterocycles. The van der Waals surface area contributed by atoms with E-state index in [1.165, 1.54) is 18.4 Å². The SMILES string of the molecule is COc1cccc(CC(NC(=O)N[C@H](C)CCO)C2CC2)c1. The molecule has 1 saturated carbocycles. The van der Waals surface area contributed by atoms with Crippen LogP contribution in [0.3, 0.4) is 0 Å². The number of carbonyl (C=O) groups excluding carboxylic acids is 1. The number of aliphatic hydroxyl groups excluding tert-OH is 1. The molecule has 5 heteroatoms. The van der Waals surface area contributed by atoms with Gasteiger partial charge in [-0.15, -0.1) is 0 Å². The fraction of sp³-hybridized carbons (Fsp3) is 0.588. The zero-order chi connectivity index (χ0) is 15.9. The van der Waals surface area contributed by atoms with E-state index in [1.807, 2.05) is 25.1 Å². The average Bonchev–Trinajstić information content (AvgIpc) is 3.31. The van der Waals surface area contributed by atoms with Gasteiger partial charge in [0.15, 0.2) is 0 Å². The number of aliphatic hydroxyl groups is 1.